The van der Waals surface area contributed by atoms with E-state index in [1.807, 2.05) is 4.72 Å². The molecule has 0 aliphatic heterocycles. The van der Waals surface area contributed by atoms with E-state index in [9.17, 15) is 13.2 Å². The maximum Gasteiger partial charge on any atom is 0.320 e. The molecule has 0 aliphatic rings. The van der Waals surface area contributed by atoms with Gasteiger partial charge in [-0.2, -0.15) is 4.72 Å². The van der Waals surface area contributed by atoms with Gasteiger partial charge in [-0.15, -0.1) is 0 Å². The van der Waals surface area contributed by atoms with Crippen molar-refractivity contribution in [3.63, 3.8) is 0 Å². The number of ether oxygens (including phenoxy) is 1. The van der Waals surface area contributed by atoms with Crippen LogP contribution < -0.4 is 4.72 Å². The minimum atomic E-state index is -3.72. The number of esters is 1. The van der Waals surface area contributed by atoms with Crippen molar-refractivity contribution in [3.05, 3.63) is 10.7 Å². The minimum Gasteiger partial charge on any atom is -0.468 e. The lowest BCUT2D eigenvalue weighted by atomic mass is 10.7. The predicted octanol–water partition coefficient (Wildman–Crippen LogP) is 0.248. The summed E-state index contributed by atoms with van der Waals surface area (Å²) in [7, 11) is -2.56. The molecule has 0 bridgehead atoms. The summed E-state index contributed by atoms with van der Waals surface area (Å²) >= 11 is 6.29. The van der Waals surface area contributed by atoms with E-state index in [0.29, 0.717) is 0 Å². The van der Waals surface area contributed by atoms with E-state index in [4.69, 9.17) is 11.6 Å². The molecule has 9 heteroatoms. The molecule has 0 unspecified atom stereocenters. The van der Waals surface area contributed by atoms with Crippen LogP contribution in [0, 0.1) is 0 Å². The van der Waals surface area contributed by atoms with Gasteiger partial charge < -0.3 is 4.74 Å². The molecule has 15 heavy (non-hydrogen) atoms. The Kier molecular flexibility index (Phi) is 4.03. The molecule has 6 nitrogen and oxygen atoms in total. The Hall–Kier alpha value is -0.700. The Labute approximate surface area is 95.3 Å². The van der Waals surface area contributed by atoms with Crippen LogP contribution >= 0.6 is 22.9 Å². The van der Waals surface area contributed by atoms with Crippen molar-refractivity contribution in [2.45, 2.75) is 4.21 Å². The number of nitrogens with one attached hydrogen (secondary N) is 1. The van der Waals surface area contributed by atoms with Gasteiger partial charge in [0.05, 0.1) is 13.3 Å². The van der Waals surface area contributed by atoms with E-state index in [1.54, 1.807) is 0 Å². The van der Waals surface area contributed by atoms with E-state index >= 15 is 0 Å². The predicted molar refractivity (Wildman–Crippen MR) is 54.3 cm³/mol. The number of methoxy groups -OCH3 is 1. The molecular weight excluding hydrogens is 264 g/mol. The lowest BCUT2D eigenvalue weighted by molar-refractivity contribution is -0.139. The first-order valence-electron chi connectivity index (χ1n) is 3.63. The van der Waals surface area contributed by atoms with Crippen molar-refractivity contribution in [3.8, 4) is 0 Å². The van der Waals surface area contributed by atoms with Gasteiger partial charge >= 0.3 is 5.97 Å². The van der Waals surface area contributed by atoms with Crippen LogP contribution in [0.1, 0.15) is 0 Å². The van der Waals surface area contributed by atoms with Gasteiger partial charge in [0.15, 0.2) is 8.68 Å². The highest BCUT2D eigenvalue weighted by Crippen LogP contribution is 2.21. The van der Waals surface area contributed by atoms with E-state index in [1.165, 1.54) is 7.11 Å². The summed E-state index contributed by atoms with van der Waals surface area (Å²) in [4.78, 5) is 14.3. The molecule has 0 radical (unpaired) electrons. The lowest BCUT2D eigenvalue weighted by Gasteiger charge is -2.01. The molecule has 0 amide bonds. The van der Waals surface area contributed by atoms with Crippen molar-refractivity contribution in [1.29, 1.82) is 0 Å². The summed E-state index contributed by atoms with van der Waals surface area (Å²) in [6, 6.07) is 0. The molecule has 0 saturated carbocycles. The molecule has 1 aromatic rings. The Morgan fingerprint density at radius 1 is 1.73 bits per heavy atom. The summed E-state index contributed by atoms with van der Waals surface area (Å²) in [6.07, 6.45) is 1.12. The number of rotatable bonds is 4. The van der Waals surface area contributed by atoms with Crippen molar-refractivity contribution in [2.24, 2.45) is 0 Å². The molecule has 0 fully saturated rings. The highest BCUT2D eigenvalue weighted by Gasteiger charge is 2.18. The van der Waals surface area contributed by atoms with Gasteiger partial charge in [-0.05, 0) is 0 Å². The zero-order valence-electron chi connectivity index (χ0n) is 7.56. The van der Waals surface area contributed by atoms with Crippen LogP contribution in [0.15, 0.2) is 10.4 Å². The van der Waals surface area contributed by atoms with Crippen LogP contribution in [0.2, 0.25) is 4.47 Å². The fraction of sp³-hybridized carbons (Fsp3) is 0.333. The molecule has 1 aromatic heterocycles. The number of halogens is 1. The van der Waals surface area contributed by atoms with E-state index < -0.39 is 22.5 Å². The van der Waals surface area contributed by atoms with Crippen LogP contribution in [0.5, 0.6) is 0 Å². The van der Waals surface area contributed by atoms with Crippen LogP contribution in [0.4, 0.5) is 0 Å². The fourth-order valence-corrected chi connectivity index (χ4v) is 2.97. The van der Waals surface area contributed by atoms with E-state index in [0.717, 1.165) is 17.5 Å². The molecular formula is C6H7ClN2O4S2. The van der Waals surface area contributed by atoms with Gasteiger partial charge in [0, 0.05) is 0 Å². The third kappa shape index (κ3) is 3.42. The fourth-order valence-electron chi connectivity index (χ4n) is 0.661. The average molecular weight is 271 g/mol. The van der Waals surface area contributed by atoms with Crippen molar-refractivity contribution in [1.82, 2.24) is 9.71 Å². The largest absolute Gasteiger partial charge is 0.468 e. The Balaban J connectivity index is 2.72. The molecule has 0 saturated heterocycles. The summed E-state index contributed by atoms with van der Waals surface area (Å²) in [5.41, 5.74) is 0. The number of nitrogens with zero attached hydrogens (tertiary/aromatic N) is 1. The Morgan fingerprint density at radius 3 is 2.87 bits per heavy atom. The number of hydrogen-bond donors (Lipinski definition) is 1. The van der Waals surface area contributed by atoms with E-state index in [-0.39, 0.29) is 8.68 Å². The highest BCUT2D eigenvalue weighted by molar-refractivity contribution is 7.91. The number of carbonyl (C=O) groups excluding carboxylic acids is 1. The maximum atomic E-state index is 11.5. The van der Waals surface area contributed by atoms with Crippen LogP contribution in [-0.2, 0) is 19.6 Å². The molecule has 1 rings (SSSR count). The zero-order valence-corrected chi connectivity index (χ0v) is 9.95. The second kappa shape index (κ2) is 4.88. The number of thiazole rings is 1. The van der Waals surface area contributed by atoms with Crippen LogP contribution in [-0.4, -0.2) is 33.0 Å². The maximum absolute atomic E-state index is 11.5. The first-order valence-corrected chi connectivity index (χ1v) is 6.31. The Bertz CT molecular complexity index is 455. The summed E-state index contributed by atoms with van der Waals surface area (Å²) in [5, 5.41) is 0. The third-order valence-corrected chi connectivity index (χ3v) is 4.33. The third-order valence-electron chi connectivity index (χ3n) is 1.36. The van der Waals surface area contributed by atoms with Crippen molar-refractivity contribution >= 4 is 38.9 Å². The summed E-state index contributed by atoms with van der Waals surface area (Å²) in [6.45, 7) is -0.422. The quantitative estimate of drug-likeness (QED) is 0.793. The van der Waals surface area contributed by atoms with Gasteiger partial charge in [-0.3, -0.25) is 4.79 Å². The number of hydrogen-bond acceptors (Lipinski definition) is 6. The minimum absolute atomic E-state index is 0.0450. The molecule has 0 spiro atoms. The first kappa shape index (κ1) is 12.4. The van der Waals surface area contributed by atoms with Crippen molar-refractivity contribution < 1.29 is 17.9 Å². The number of sulfonamides is 1. The van der Waals surface area contributed by atoms with Gasteiger partial charge in [0.25, 0.3) is 10.0 Å². The number of aromatic nitrogens is 1. The van der Waals surface area contributed by atoms with Crippen LogP contribution in [0.25, 0.3) is 0 Å². The zero-order chi connectivity index (χ0) is 11.5. The van der Waals surface area contributed by atoms with Gasteiger partial charge in [-0.1, -0.05) is 22.9 Å². The molecule has 84 valence electrons. The second-order valence-electron chi connectivity index (χ2n) is 2.33. The number of carbonyl (C=O) groups is 1. The standard InChI is InChI=1S/C6H7ClN2O4S2/c1-13-4(10)2-9-15(11,12)5-3-8-6(7)14-5/h3,9H,2H2,1H3. The summed E-state index contributed by atoms with van der Waals surface area (Å²) < 4.78 is 29.3. The smallest absolute Gasteiger partial charge is 0.320 e. The normalized spacial score (nSPS) is 11.3. The topological polar surface area (TPSA) is 85.4 Å². The molecule has 1 heterocycles. The molecule has 0 aliphatic carbocycles. The summed E-state index contributed by atoms with van der Waals surface area (Å²) in [5.74, 6) is -0.672. The average Bonchev–Trinajstić information content (AvgIpc) is 2.62. The molecule has 1 N–H and O–H groups in total. The van der Waals surface area contributed by atoms with Crippen molar-refractivity contribution in [2.75, 3.05) is 13.7 Å². The van der Waals surface area contributed by atoms with E-state index in [2.05, 4.69) is 9.72 Å². The van der Waals surface area contributed by atoms with Gasteiger partial charge in [0.1, 0.15) is 6.54 Å². The van der Waals surface area contributed by atoms with Gasteiger partial charge in [-0.25, -0.2) is 13.4 Å². The molecule has 0 aromatic carbocycles. The van der Waals surface area contributed by atoms with Crippen LogP contribution in [0.3, 0.4) is 0 Å². The monoisotopic (exact) mass is 270 g/mol. The SMILES string of the molecule is COC(=O)CNS(=O)(=O)c1cnc(Cl)s1. The Morgan fingerprint density at radius 2 is 2.40 bits per heavy atom. The van der Waals surface area contributed by atoms with Gasteiger partial charge in [0.2, 0.25) is 0 Å². The lowest BCUT2D eigenvalue weighted by Crippen LogP contribution is -2.29. The first-order chi connectivity index (χ1) is 6.95. The second-order valence-corrected chi connectivity index (χ2v) is 5.94. The highest BCUT2D eigenvalue weighted by atomic mass is 35.5. The molecule has 0 atom stereocenters.